The summed E-state index contributed by atoms with van der Waals surface area (Å²) in [5, 5.41) is 5.38. The Labute approximate surface area is 174 Å². The standard InChI is InChI=1S/C24H13BrClNO/c25-14-9-15(26)11-16(10-14)27-21-7-3-1-5-17(21)19-12-20-18-6-2-4-8-23(18)28-24(20)13-22(19)27/h1-13H. The number of nitrogens with zero attached hydrogens (tertiary/aromatic N) is 1. The molecule has 0 saturated carbocycles. The summed E-state index contributed by atoms with van der Waals surface area (Å²) in [7, 11) is 0. The predicted molar refractivity (Wildman–Crippen MR) is 121 cm³/mol. The van der Waals surface area contributed by atoms with E-state index in [1.165, 1.54) is 10.8 Å². The lowest BCUT2D eigenvalue weighted by molar-refractivity contribution is 0.669. The molecular weight excluding hydrogens is 434 g/mol. The zero-order chi connectivity index (χ0) is 18.8. The van der Waals surface area contributed by atoms with Crippen molar-refractivity contribution in [2.45, 2.75) is 0 Å². The normalized spacial score (nSPS) is 11.9. The van der Waals surface area contributed by atoms with E-state index in [9.17, 15) is 0 Å². The van der Waals surface area contributed by atoms with Crippen LogP contribution in [0.3, 0.4) is 0 Å². The number of hydrogen-bond acceptors (Lipinski definition) is 1. The SMILES string of the molecule is Clc1cc(Br)cc(-n2c3ccccc3c3cc4c(cc32)oc2ccccc24)c1. The third kappa shape index (κ3) is 2.27. The molecule has 0 unspecified atom stereocenters. The minimum Gasteiger partial charge on any atom is -0.456 e. The Kier molecular flexibility index (Phi) is 3.40. The zero-order valence-corrected chi connectivity index (χ0v) is 17.0. The Hall–Kier alpha value is -2.75. The molecule has 28 heavy (non-hydrogen) atoms. The molecule has 0 saturated heterocycles. The van der Waals surface area contributed by atoms with Gasteiger partial charge in [-0.25, -0.2) is 0 Å². The van der Waals surface area contributed by atoms with Gasteiger partial charge >= 0.3 is 0 Å². The second-order valence-electron chi connectivity index (χ2n) is 6.94. The molecule has 0 spiro atoms. The molecule has 2 nitrogen and oxygen atoms in total. The highest BCUT2D eigenvalue weighted by molar-refractivity contribution is 9.10. The van der Waals surface area contributed by atoms with E-state index in [-0.39, 0.29) is 0 Å². The summed E-state index contributed by atoms with van der Waals surface area (Å²) in [4.78, 5) is 0. The molecule has 0 amide bonds. The fourth-order valence-corrected chi connectivity index (χ4v) is 4.98. The Balaban J connectivity index is 1.82. The lowest BCUT2D eigenvalue weighted by atomic mass is 10.1. The number of rotatable bonds is 1. The number of furan rings is 1. The van der Waals surface area contributed by atoms with Crippen LogP contribution in [0.25, 0.3) is 49.4 Å². The van der Waals surface area contributed by atoms with Crippen LogP contribution in [-0.2, 0) is 0 Å². The molecule has 0 atom stereocenters. The number of halogens is 2. The van der Waals surface area contributed by atoms with Gasteiger partial charge in [-0.15, -0.1) is 0 Å². The highest BCUT2D eigenvalue weighted by Crippen LogP contribution is 2.38. The maximum absolute atomic E-state index is 6.36. The summed E-state index contributed by atoms with van der Waals surface area (Å²) >= 11 is 9.93. The van der Waals surface area contributed by atoms with Crippen LogP contribution in [0.2, 0.25) is 5.02 Å². The summed E-state index contributed by atoms with van der Waals surface area (Å²) in [5.74, 6) is 0. The van der Waals surface area contributed by atoms with Gasteiger partial charge in [0.2, 0.25) is 0 Å². The average Bonchev–Trinajstić information content (AvgIpc) is 3.20. The van der Waals surface area contributed by atoms with Crippen molar-refractivity contribution in [2.75, 3.05) is 0 Å². The highest BCUT2D eigenvalue weighted by atomic mass is 79.9. The smallest absolute Gasteiger partial charge is 0.137 e. The van der Waals surface area contributed by atoms with E-state index in [4.69, 9.17) is 16.0 Å². The van der Waals surface area contributed by atoms with Gasteiger partial charge in [0.25, 0.3) is 0 Å². The lowest BCUT2D eigenvalue weighted by Crippen LogP contribution is -1.93. The summed E-state index contributed by atoms with van der Waals surface area (Å²) in [5.41, 5.74) is 5.05. The number of benzene rings is 4. The summed E-state index contributed by atoms with van der Waals surface area (Å²) < 4.78 is 9.34. The Bertz CT molecular complexity index is 1520. The van der Waals surface area contributed by atoms with Gasteiger partial charge in [0.15, 0.2) is 0 Å². The lowest BCUT2D eigenvalue weighted by Gasteiger charge is -2.09. The molecule has 0 aliphatic rings. The number of fused-ring (bicyclic) bond motifs is 6. The molecule has 2 heterocycles. The first-order chi connectivity index (χ1) is 13.7. The second-order valence-corrected chi connectivity index (χ2v) is 8.30. The number of para-hydroxylation sites is 2. The van der Waals surface area contributed by atoms with Gasteiger partial charge in [-0.2, -0.15) is 0 Å². The van der Waals surface area contributed by atoms with E-state index in [2.05, 4.69) is 69.0 Å². The van der Waals surface area contributed by atoms with Crippen molar-refractivity contribution in [2.24, 2.45) is 0 Å². The molecule has 0 aliphatic heterocycles. The number of aromatic nitrogens is 1. The van der Waals surface area contributed by atoms with Crippen molar-refractivity contribution >= 4 is 71.3 Å². The van der Waals surface area contributed by atoms with Crippen molar-refractivity contribution in [1.29, 1.82) is 0 Å². The quantitative estimate of drug-likeness (QED) is 0.249. The minimum atomic E-state index is 0.695. The van der Waals surface area contributed by atoms with Crippen molar-refractivity contribution < 1.29 is 4.42 Å². The molecule has 0 aliphatic carbocycles. The first kappa shape index (κ1) is 16.2. The zero-order valence-electron chi connectivity index (χ0n) is 14.6. The van der Waals surface area contributed by atoms with Crippen LogP contribution in [0, 0.1) is 0 Å². The monoisotopic (exact) mass is 445 g/mol. The van der Waals surface area contributed by atoms with Crippen molar-refractivity contribution in [1.82, 2.24) is 4.57 Å². The molecule has 2 aromatic heterocycles. The third-order valence-corrected chi connectivity index (χ3v) is 5.95. The van der Waals surface area contributed by atoms with E-state index in [0.29, 0.717) is 5.02 Å². The van der Waals surface area contributed by atoms with E-state index in [0.717, 1.165) is 43.1 Å². The Morgan fingerprint density at radius 2 is 1.46 bits per heavy atom. The molecule has 4 heteroatoms. The fourth-order valence-electron chi connectivity index (χ4n) is 4.13. The number of hydrogen-bond donors (Lipinski definition) is 0. The largest absolute Gasteiger partial charge is 0.456 e. The first-order valence-corrected chi connectivity index (χ1v) is 10.2. The Morgan fingerprint density at radius 3 is 2.32 bits per heavy atom. The van der Waals surface area contributed by atoms with Gasteiger partial charge in [0, 0.05) is 42.8 Å². The van der Waals surface area contributed by atoms with Gasteiger partial charge in [-0.05, 0) is 36.4 Å². The van der Waals surface area contributed by atoms with Crippen LogP contribution >= 0.6 is 27.5 Å². The molecule has 0 N–H and O–H groups in total. The van der Waals surface area contributed by atoms with Crippen LogP contribution in [-0.4, -0.2) is 4.57 Å². The second kappa shape index (κ2) is 5.87. The van der Waals surface area contributed by atoms with Crippen molar-refractivity contribution in [3.8, 4) is 5.69 Å². The van der Waals surface area contributed by atoms with E-state index in [1.54, 1.807) is 0 Å². The van der Waals surface area contributed by atoms with Crippen molar-refractivity contribution in [3.63, 3.8) is 0 Å². The van der Waals surface area contributed by atoms with Gasteiger partial charge in [0.1, 0.15) is 11.2 Å². The maximum atomic E-state index is 6.36. The first-order valence-electron chi connectivity index (χ1n) is 9.00. The predicted octanol–water partition coefficient (Wildman–Crippen LogP) is 8.10. The molecule has 0 bridgehead atoms. The molecule has 0 radical (unpaired) electrons. The molecular formula is C24H13BrClNO. The summed E-state index contributed by atoms with van der Waals surface area (Å²) in [6.45, 7) is 0. The van der Waals surface area contributed by atoms with Crippen LogP contribution in [0.15, 0.2) is 87.8 Å². The van der Waals surface area contributed by atoms with Crippen molar-refractivity contribution in [3.05, 3.63) is 88.4 Å². The van der Waals surface area contributed by atoms with E-state index < -0.39 is 0 Å². The van der Waals surface area contributed by atoms with Crippen LogP contribution in [0.4, 0.5) is 0 Å². The molecule has 6 rings (SSSR count). The van der Waals surface area contributed by atoms with Gasteiger partial charge in [0.05, 0.1) is 11.0 Å². The summed E-state index contributed by atoms with van der Waals surface area (Å²) in [6.07, 6.45) is 0. The van der Waals surface area contributed by atoms with Gasteiger partial charge < -0.3 is 8.98 Å². The maximum Gasteiger partial charge on any atom is 0.137 e. The molecule has 4 aromatic carbocycles. The van der Waals surface area contributed by atoms with Crippen LogP contribution < -0.4 is 0 Å². The third-order valence-electron chi connectivity index (χ3n) is 5.28. The average molecular weight is 447 g/mol. The van der Waals surface area contributed by atoms with Gasteiger partial charge in [-0.3, -0.25) is 0 Å². The fraction of sp³-hybridized carbons (Fsp3) is 0. The Morgan fingerprint density at radius 1 is 0.679 bits per heavy atom. The van der Waals surface area contributed by atoms with E-state index in [1.807, 2.05) is 30.3 Å². The topological polar surface area (TPSA) is 18.1 Å². The van der Waals surface area contributed by atoms with Crippen LogP contribution in [0.1, 0.15) is 0 Å². The highest BCUT2D eigenvalue weighted by Gasteiger charge is 2.16. The minimum absolute atomic E-state index is 0.695. The van der Waals surface area contributed by atoms with E-state index >= 15 is 0 Å². The van der Waals surface area contributed by atoms with Crippen LogP contribution in [0.5, 0.6) is 0 Å². The molecule has 6 aromatic rings. The summed E-state index contributed by atoms with van der Waals surface area (Å²) in [6, 6.07) is 27.0. The molecule has 0 fully saturated rings. The van der Waals surface area contributed by atoms with Gasteiger partial charge in [-0.1, -0.05) is 63.9 Å². The molecule has 134 valence electrons.